The van der Waals surface area contributed by atoms with Crippen LogP contribution in [0.3, 0.4) is 0 Å². The Balaban J connectivity index is 2.96. The van der Waals surface area contributed by atoms with Gasteiger partial charge >= 0.3 is 6.18 Å². The molecule has 1 heterocycles. The molecule has 0 aliphatic rings. The number of para-hydroxylation sites is 1. The number of halogens is 3. The average molecular weight is 241 g/mol. The van der Waals surface area contributed by atoms with Crippen molar-refractivity contribution in [3.8, 4) is 0 Å². The molecule has 0 spiro atoms. The molecule has 0 saturated heterocycles. The molecule has 1 aromatic carbocycles. The minimum atomic E-state index is -4.42. The maximum Gasteiger partial charge on any atom is 0.418 e. The van der Waals surface area contributed by atoms with E-state index in [1.807, 2.05) is 0 Å². The van der Waals surface area contributed by atoms with E-state index in [2.05, 4.69) is 0 Å². The summed E-state index contributed by atoms with van der Waals surface area (Å²) in [5.41, 5.74) is 0.189. The molecule has 5 heteroatoms. The molecular weight excluding hydrogens is 231 g/mol. The summed E-state index contributed by atoms with van der Waals surface area (Å²) >= 11 is 0. The number of carbonyl (C=O) groups excluding carboxylic acids is 1. The van der Waals surface area contributed by atoms with E-state index in [0.29, 0.717) is 22.9 Å². The van der Waals surface area contributed by atoms with Gasteiger partial charge in [-0.3, -0.25) is 4.79 Å². The molecule has 0 aliphatic heterocycles. The molecule has 90 valence electrons. The molecule has 0 aliphatic carbocycles. The monoisotopic (exact) mass is 241 g/mol. The topological polar surface area (TPSA) is 22.0 Å². The summed E-state index contributed by atoms with van der Waals surface area (Å²) in [4.78, 5) is 10.9. The Morgan fingerprint density at radius 2 is 1.94 bits per heavy atom. The fourth-order valence-corrected chi connectivity index (χ4v) is 2.04. The fourth-order valence-electron chi connectivity index (χ4n) is 2.04. The van der Waals surface area contributed by atoms with Gasteiger partial charge in [0.2, 0.25) is 0 Å². The third-order valence-electron chi connectivity index (χ3n) is 2.98. The first-order valence-electron chi connectivity index (χ1n) is 4.98. The Morgan fingerprint density at radius 1 is 1.29 bits per heavy atom. The highest BCUT2D eigenvalue weighted by atomic mass is 19.4. The van der Waals surface area contributed by atoms with Crippen molar-refractivity contribution in [1.82, 2.24) is 4.57 Å². The highest BCUT2D eigenvalue weighted by Gasteiger charge is 2.34. The third-order valence-corrected chi connectivity index (χ3v) is 2.98. The quantitative estimate of drug-likeness (QED) is 0.702. The Kier molecular flexibility index (Phi) is 2.49. The van der Waals surface area contributed by atoms with Crippen molar-refractivity contribution in [2.24, 2.45) is 7.05 Å². The molecule has 0 saturated carbocycles. The smallest absolute Gasteiger partial charge is 0.347 e. The molecular formula is C12H10F3NO. The van der Waals surface area contributed by atoms with Crippen LogP contribution in [-0.4, -0.2) is 10.9 Å². The van der Waals surface area contributed by atoms with Gasteiger partial charge < -0.3 is 4.57 Å². The lowest BCUT2D eigenvalue weighted by Crippen LogP contribution is -2.07. The maximum absolute atomic E-state index is 12.8. The zero-order valence-corrected chi connectivity index (χ0v) is 9.30. The van der Waals surface area contributed by atoms with Crippen LogP contribution in [0.4, 0.5) is 13.2 Å². The van der Waals surface area contributed by atoms with Crippen LogP contribution in [0.15, 0.2) is 18.2 Å². The van der Waals surface area contributed by atoms with E-state index in [9.17, 15) is 18.0 Å². The van der Waals surface area contributed by atoms with Crippen molar-refractivity contribution in [2.45, 2.75) is 13.1 Å². The highest BCUT2D eigenvalue weighted by molar-refractivity contribution is 6.00. The normalized spacial score (nSPS) is 12.1. The van der Waals surface area contributed by atoms with E-state index in [1.54, 1.807) is 6.92 Å². The van der Waals surface area contributed by atoms with Gasteiger partial charge in [-0.15, -0.1) is 0 Å². The van der Waals surface area contributed by atoms with E-state index in [0.717, 1.165) is 6.07 Å². The summed E-state index contributed by atoms with van der Waals surface area (Å²) in [5.74, 6) is 0. The van der Waals surface area contributed by atoms with Crippen LogP contribution in [-0.2, 0) is 13.2 Å². The predicted molar refractivity (Wildman–Crippen MR) is 58.0 cm³/mol. The van der Waals surface area contributed by atoms with Crippen LogP contribution in [0.2, 0.25) is 0 Å². The number of hydrogen-bond donors (Lipinski definition) is 0. The second kappa shape index (κ2) is 3.61. The largest absolute Gasteiger partial charge is 0.418 e. The van der Waals surface area contributed by atoms with Crippen molar-refractivity contribution < 1.29 is 18.0 Å². The molecule has 0 fully saturated rings. The van der Waals surface area contributed by atoms with E-state index in [-0.39, 0.29) is 5.52 Å². The lowest BCUT2D eigenvalue weighted by atomic mass is 10.1. The summed E-state index contributed by atoms with van der Waals surface area (Å²) < 4.78 is 39.9. The summed E-state index contributed by atoms with van der Waals surface area (Å²) in [7, 11) is 1.53. The van der Waals surface area contributed by atoms with E-state index >= 15 is 0 Å². The summed E-state index contributed by atoms with van der Waals surface area (Å²) in [6, 6.07) is 3.87. The van der Waals surface area contributed by atoms with Gasteiger partial charge in [-0.05, 0) is 13.0 Å². The van der Waals surface area contributed by atoms with Crippen LogP contribution < -0.4 is 0 Å². The van der Waals surface area contributed by atoms with Crippen LogP contribution >= 0.6 is 0 Å². The molecule has 2 rings (SSSR count). The number of carbonyl (C=O) groups is 1. The minimum Gasteiger partial charge on any atom is -0.347 e. The predicted octanol–water partition coefficient (Wildman–Crippen LogP) is 3.32. The zero-order valence-electron chi connectivity index (χ0n) is 9.30. The van der Waals surface area contributed by atoms with Gasteiger partial charge in [0, 0.05) is 23.7 Å². The number of nitrogens with zero attached hydrogens (tertiary/aromatic N) is 1. The molecule has 0 radical (unpaired) electrons. The number of benzene rings is 1. The van der Waals surface area contributed by atoms with Crippen LogP contribution in [0.5, 0.6) is 0 Å². The van der Waals surface area contributed by atoms with Crippen molar-refractivity contribution in [3.63, 3.8) is 0 Å². The first-order valence-corrected chi connectivity index (χ1v) is 4.98. The number of aryl methyl sites for hydroxylation is 1. The average Bonchev–Trinajstić information content (AvgIpc) is 2.50. The number of fused-ring (bicyclic) bond motifs is 1. The molecule has 0 unspecified atom stereocenters. The van der Waals surface area contributed by atoms with E-state index in [1.165, 1.54) is 23.7 Å². The maximum atomic E-state index is 12.8. The lowest BCUT2D eigenvalue weighted by Gasteiger charge is -2.10. The zero-order chi connectivity index (χ0) is 12.8. The van der Waals surface area contributed by atoms with Crippen molar-refractivity contribution in [1.29, 1.82) is 0 Å². The van der Waals surface area contributed by atoms with Crippen LogP contribution in [0, 0.1) is 6.92 Å². The van der Waals surface area contributed by atoms with Gasteiger partial charge in [0.25, 0.3) is 0 Å². The van der Waals surface area contributed by atoms with Gasteiger partial charge in [0.1, 0.15) is 0 Å². The van der Waals surface area contributed by atoms with Crippen molar-refractivity contribution in [2.75, 3.05) is 0 Å². The Morgan fingerprint density at radius 3 is 2.47 bits per heavy atom. The van der Waals surface area contributed by atoms with Crippen molar-refractivity contribution in [3.05, 3.63) is 35.0 Å². The molecule has 0 bridgehead atoms. The fraction of sp³-hybridized carbons (Fsp3) is 0.250. The van der Waals surface area contributed by atoms with Gasteiger partial charge in [-0.1, -0.05) is 12.1 Å². The number of hydrogen-bond acceptors (Lipinski definition) is 1. The van der Waals surface area contributed by atoms with Gasteiger partial charge in [0.05, 0.1) is 11.1 Å². The number of alkyl halides is 3. The van der Waals surface area contributed by atoms with Gasteiger partial charge in [-0.25, -0.2) is 0 Å². The molecule has 1 aromatic heterocycles. The lowest BCUT2D eigenvalue weighted by molar-refractivity contribution is -0.136. The second-order valence-electron chi connectivity index (χ2n) is 3.88. The number of aromatic nitrogens is 1. The number of aldehydes is 1. The Labute approximate surface area is 95.7 Å². The van der Waals surface area contributed by atoms with E-state index < -0.39 is 11.7 Å². The van der Waals surface area contributed by atoms with Gasteiger partial charge in [0.15, 0.2) is 6.29 Å². The molecule has 0 amide bonds. The van der Waals surface area contributed by atoms with E-state index in [4.69, 9.17) is 0 Å². The molecule has 0 atom stereocenters. The summed E-state index contributed by atoms with van der Waals surface area (Å²) in [6.45, 7) is 1.63. The number of rotatable bonds is 1. The summed E-state index contributed by atoms with van der Waals surface area (Å²) in [5, 5.41) is 0.342. The SMILES string of the molecule is Cc1c(C=O)c2cccc(C(F)(F)F)c2n1C. The molecule has 17 heavy (non-hydrogen) atoms. The first-order chi connectivity index (χ1) is 7.88. The third kappa shape index (κ3) is 1.62. The minimum absolute atomic E-state index is 0.0552. The summed E-state index contributed by atoms with van der Waals surface area (Å²) in [6.07, 6.45) is -3.82. The first kappa shape index (κ1) is 11.7. The standard InChI is InChI=1S/C12H10F3NO/c1-7-9(6-17)8-4-3-5-10(12(13,14)15)11(8)16(7)2/h3-6H,1-2H3. The Bertz CT molecular complexity index is 596. The Hall–Kier alpha value is -1.78. The van der Waals surface area contributed by atoms with Crippen LogP contribution in [0.1, 0.15) is 21.6 Å². The molecule has 2 aromatic rings. The second-order valence-corrected chi connectivity index (χ2v) is 3.88. The van der Waals surface area contributed by atoms with Gasteiger partial charge in [-0.2, -0.15) is 13.2 Å². The van der Waals surface area contributed by atoms with Crippen LogP contribution in [0.25, 0.3) is 10.9 Å². The molecule has 0 N–H and O–H groups in total. The molecule has 2 nitrogen and oxygen atoms in total. The van der Waals surface area contributed by atoms with Crippen molar-refractivity contribution >= 4 is 17.2 Å². The highest BCUT2D eigenvalue weighted by Crippen LogP contribution is 2.36.